The molecule has 4 atom stereocenters. The largest absolute Gasteiger partial charge is 0.481 e. The molecule has 1 fully saturated rings. The number of urea groups is 1. The third-order valence-corrected chi connectivity index (χ3v) is 7.05. The molecule has 0 spiro atoms. The lowest BCUT2D eigenvalue weighted by Crippen LogP contribution is -2.49. The zero-order valence-electron chi connectivity index (χ0n) is 18.5. The minimum Gasteiger partial charge on any atom is -0.481 e. The van der Waals surface area contributed by atoms with Gasteiger partial charge in [-0.05, 0) is 25.2 Å². The normalized spacial score (nSPS) is 21.5. The number of carbonyl (C=O) groups is 2. The molecule has 2 amide bonds. The van der Waals surface area contributed by atoms with Gasteiger partial charge in [0.05, 0.1) is 38.6 Å². The van der Waals surface area contributed by atoms with Crippen LogP contribution in [0.5, 0.6) is 11.8 Å². The molecule has 0 radical (unpaired) electrons. The molecular formula is C17H27N5O9S2. The van der Waals surface area contributed by atoms with Gasteiger partial charge in [0.2, 0.25) is 27.7 Å². The molecule has 1 saturated carbocycles. The molecule has 0 aliphatic heterocycles. The molecule has 33 heavy (non-hydrogen) atoms. The summed E-state index contributed by atoms with van der Waals surface area (Å²) in [5, 5.41) is 0.963. The quantitative estimate of drug-likeness (QED) is 0.277. The molecule has 0 aromatic carbocycles. The van der Waals surface area contributed by atoms with Crippen molar-refractivity contribution in [2.45, 2.75) is 24.5 Å². The van der Waals surface area contributed by atoms with E-state index in [9.17, 15) is 22.2 Å². The van der Waals surface area contributed by atoms with E-state index in [-0.39, 0.29) is 43.0 Å². The Kier molecular flexibility index (Phi) is 9.75. The highest BCUT2D eigenvalue weighted by molar-refractivity contribution is 7.90. The number of amides is 2. The summed E-state index contributed by atoms with van der Waals surface area (Å²) in [6.45, 7) is 0.211. The van der Waals surface area contributed by atoms with Crippen molar-refractivity contribution in [1.82, 2.24) is 20.2 Å². The molecular weight excluding hydrogens is 482 g/mol. The number of nitrogens with zero attached hydrogens (tertiary/aromatic N) is 2. The molecule has 1 aromatic rings. The molecule has 1 heterocycles. The second-order valence-electron chi connectivity index (χ2n) is 7.06. The van der Waals surface area contributed by atoms with Crippen molar-refractivity contribution in [3.05, 3.63) is 6.07 Å². The molecule has 186 valence electrons. The predicted molar refractivity (Wildman–Crippen MR) is 116 cm³/mol. The summed E-state index contributed by atoms with van der Waals surface area (Å²) in [4.78, 5) is 32.4. The van der Waals surface area contributed by atoms with Crippen LogP contribution in [0.25, 0.3) is 0 Å². The Balaban J connectivity index is 2.14. The number of hydroxylamine groups is 1. The maximum atomic E-state index is 13.0. The fourth-order valence-electron chi connectivity index (χ4n) is 3.40. The number of aromatic nitrogens is 2. The Morgan fingerprint density at radius 3 is 2.33 bits per heavy atom. The van der Waals surface area contributed by atoms with Gasteiger partial charge < -0.3 is 14.2 Å². The Bertz CT molecular complexity index is 953. The average Bonchev–Trinajstić information content (AvgIpc) is 2.77. The van der Waals surface area contributed by atoms with Gasteiger partial charge >= 0.3 is 12.0 Å². The molecule has 1 aromatic heterocycles. The van der Waals surface area contributed by atoms with Gasteiger partial charge in [0.15, 0.2) is 11.1 Å². The van der Waals surface area contributed by atoms with Crippen LogP contribution in [-0.4, -0.2) is 74.0 Å². The highest BCUT2D eigenvalue weighted by Crippen LogP contribution is 2.34. The summed E-state index contributed by atoms with van der Waals surface area (Å²) < 4.78 is 58.5. The van der Waals surface area contributed by atoms with E-state index in [4.69, 9.17) is 18.5 Å². The van der Waals surface area contributed by atoms with Gasteiger partial charge in [-0.3, -0.25) is 10.1 Å². The van der Waals surface area contributed by atoms with Gasteiger partial charge in [-0.1, -0.05) is 0 Å². The van der Waals surface area contributed by atoms with Gasteiger partial charge in [0.1, 0.15) is 0 Å². The van der Waals surface area contributed by atoms with E-state index in [2.05, 4.69) is 20.8 Å². The Morgan fingerprint density at radius 2 is 1.79 bits per heavy atom. The first-order valence-electron chi connectivity index (χ1n) is 9.70. The highest BCUT2D eigenvalue weighted by Gasteiger charge is 2.44. The van der Waals surface area contributed by atoms with Gasteiger partial charge in [-0.15, -0.1) is 0 Å². The second kappa shape index (κ2) is 12.1. The molecule has 0 saturated heterocycles. The lowest BCUT2D eigenvalue weighted by Gasteiger charge is -2.33. The van der Waals surface area contributed by atoms with Crippen LogP contribution in [0.2, 0.25) is 0 Å². The molecule has 2 rings (SSSR count). The van der Waals surface area contributed by atoms with Gasteiger partial charge in [0.25, 0.3) is 0 Å². The third kappa shape index (κ3) is 7.76. The van der Waals surface area contributed by atoms with E-state index < -0.39 is 44.3 Å². The van der Waals surface area contributed by atoms with E-state index in [1.54, 1.807) is 0 Å². The summed E-state index contributed by atoms with van der Waals surface area (Å²) >= 11 is -1.54. The first-order valence-corrected chi connectivity index (χ1v) is 12.7. The van der Waals surface area contributed by atoms with Crippen molar-refractivity contribution < 1.29 is 40.7 Å². The minimum absolute atomic E-state index is 0.0402. The van der Waals surface area contributed by atoms with Crippen LogP contribution in [0.15, 0.2) is 6.07 Å². The third-order valence-electron chi connectivity index (χ3n) is 4.91. The van der Waals surface area contributed by atoms with Crippen LogP contribution in [0.1, 0.15) is 19.3 Å². The number of carbonyl (C=O) groups excluding carboxylic acids is 2. The molecule has 3 N–H and O–H groups in total. The summed E-state index contributed by atoms with van der Waals surface area (Å²) in [6.07, 6.45) is 2.09. The fraction of sp³-hybridized carbons (Fsp3) is 0.647. The van der Waals surface area contributed by atoms with Gasteiger partial charge in [-0.2, -0.15) is 15.4 Å². The summed E-state index contributed by atoms with van der Waals surface area (Å²) in [5.74, 6) is -1.95. The topological polar surface area (TPSA) is 184 Å². The van der Waals surface area contributed by atoms with E-state index in [1.165, 1.54) is 26.5 Å². The van der Waals surface area contributed by atoms with Gasteiger partial charge in [-0.25, -0.2) is 26.4 Å². The number of nitrogens with one attached hydrogen (secondary N) is 3. The first-order chi connectivity index (χ1) is 15.6. The number of hydrogen-bond donors (Lipinski definition) is 3. The Labute approximate surface area is 193 Å². The number of anilines is 1. The van der Waals surface area contributed by atoms with E-state index in [1.807, 2.05) is 4.72 Å². The van der Waals surface area contributed by atoms with Gasteiger partial charge in [0, 0.05) is 12.8 Å². The molecule has 4 unspecified atom stereocenters. The smallest absolute Gasteiger partial charge is 0.335 e. The second-order valence-corrected chi connectivity index (χ2v) is 9.93. The molecule has 1 aliphatic rings. The Morgan fingerprint density at radius 1 is 1.15 bits per heavy atom. The lowest BCUT2D eigenvalue weighted by molar-refractivity contribution is -0.146. The minimum atomic E-state index is -4.32. The molecule has 0 bridgehead atoms. The van der Waals surface area contributed by atoms with E-state index in [0.717, 1.165) is 7.11 Å². The van der Waals surface area contributed by atoms with E-state index >= 15 is 0 Å². The lowest BCUT2D eigenvalue weighted by atomic mass is 9.81. The molecule has 16 heteroatoms. The van der Waals surface area contributed by atoms with Crippen molar-refractivity contribution in [1.29, 1.82) is 0 Å². The van der Waals surface area contributed by atoms with Crippen LogP contribution in [0.3, 0.4) is 0 Å². The van der Waals surface area contributed by atoms with Crippen molar-refractivity contribution in [2.24, 2.45) is 11.8 Å². The number of hydrogen-bond acceptors (Lipinski definition) is 12. The zero-order chi connectivity index (χ0) is 24.6. The van der Waals surface area contributed by atoms with Crippen molar-refractivity contribution in [2.75, 3.05) is 39.4 Å². The van der Waals surface area contributed by atoms with Crippen LogP contribution >= 0.6 is 0 Å². The SMILES string of the molecule is COC(=O)C1CCC(CNOS(C)=O)CC1S(=O)(=O)NC(=O)Nc1nc(OC)cc(OC)n1. The number of sulfonamides is 1. The maximum Gasteiger partial charge on any atom is 0.335 e. The molecule has 1 aliphatic carbocycles. The number of esters is 1. The van der Waals surface area contributed by atoms with Crippen molar-refractivity contribution in [3.63, 3.8) is 0 Å². The highest BCUT2D eigenvalue weighted by atomic mass is 32.2. The summed E-state index contributed by atoms with van der Waals surface area (Å²) in [6, 6.07) is 0.244. The average molecular weight is 510 g/mol. The monoisotopic (exact) mass is 509 g/mol. The Hall–Kier alpha value is -2.56. The summed E-state index contributed by atoms with van der Waals surface area (Å²) in [5.41, 5.74) is 2.53. The predicted octanol–water partition coefficient (Wildman–Crippen LogP) is -0.282. The number of rotatable bonds is 10. The van der Waals surface area contributed by atoms with E-state index in [0.29, 0.717) is 6.42 Å². The fourth-order valence-corrected chi connectivity index (χ4v) is 5.30. The van der Waals surface area contributed by atoms with Crippen molar-refractivity contribution >= 4 is 39.1 Å². The van der Waals surface area contributed by atoms with Crippen LogP contribution in [-0.2, 0) is 34.9 Å². The number of ether oxygens (including phenoxy) is 3. The van der Waals surface area contributed by atoms with Crippen LogP contribution in [0.4, 0.5) is 10.7 Å². The maximum absolute atomic E-state index is 13.0. The van der Waals surface area contributed by atoms with Crippen LogP contribution in [0, 0.1) is 11.8 Å². The standard InChI is InChI=1S/C17H27N5O9S2/c1-28-13-8-14(29-2)20-16(19-13)21-17(24)22-33(26,27)12-7-10(9-18-31-32(4)25)5-6-11(12)15(23)30-3/h8,10-12,18H,5-7,9H2,1-4H3,(H2,19,20,21,22,24). The number of methoxy groups -OCH3 is 3. The van der Waals surface area contributed by atoms with Crippen molar-refractivity contribution in [3.8, 4) is 11.8 Å². The molecule has 14 nitrogen and oxygen atoms in total. The zero-order valence-corrected chi connectivity index (χ0v) is 20.2. The first kappa shape index (κ1) is 26.7. The van der Waals surface area contributed by atoms with Crippen LogP contribution < -0.4 is 25.0 Å². The summed E-state index contributed by atoms with van der Waals surface area (Å²) in [7, 11) is -0.462.